The van der Waals surface area contributed by atoms with Crippen molar-refractivity contribution >= 4 is 23.1 Å². The molecule has 1 amide bonds. The van der Waals surface area contributed by atoms with E-state index in [1.54, 1.807) is 25.3 Å². The number of ketones is 1. The van der Waals surface area contributed by atoms with Gasteiger partial charge in [-0.1, -0.05) is 30.3 Å². The Morgan fingerprint density at radius 1 is 1.14 bits per heavy atom. The highest BCUT2D eigenvalue weighted by atomic mass is 16.5. The summed E-state index contributed by atoms with van der Waals surface area (Å²) in [6, 6.07) is 14.3. The van der Waals surface area contributed by atoms with Gasteiger partial charge in [0.2, 0.25) is 5.91 Å². The first kappa shape index (κ1) is 19.4. The van der Waals surface area contributed by atoms with Gasteiger partial charge in [0.1, 0.15) is 23.3 Å². The van der Waals surface area contributed by atoms with Crippen LogP contribution in [0.5, 0.6) is 11.5 Å². The fraction of sp³-hybridized carbons (Fsp3) is 0.286. The van der Waals surface area contributed by atoms with Crippen LogP contribution in [0, 0.1) is 0 Å². The third-order valence-electron chi connectivity index (χ3n) is 4.54. The normalized spacial score (nSPS) is 15.4. The SMILES string of the molecule is COc1ccc(OC)c(NC(=O)C2CC(C(=O)CCc3ccccc3)=NN2)c1. The number of aryl methyl sites for hydroxylation is 1. The van der Waals surface area contributed by atoms with Crippen LogP contribution in [0.4, 0.5) is 5.69 Å². The number of Topliss-reactive ketones (excluding diaryl/α,β-unsaturated/α-hetero) is 1. The van der Waals surface area contributed by atoms with Crippen molar-refractivity contribution in [2.45, 2.75) is 25.3 Å². The van der Waals surface area contributed by atoms with Crippen molar-refractivity contribution in [2.24, 2.45) is 5.10 Å². The summed E-state index contributed by atoms with van der Waals surface area (Å²) >= 11 is 0. The zero-order valence-electron chi connectivity index (χ0n) is 15.9. The molecule has 1 atom stereocenters. The van der Waals surface area contributed by atoms with Crippen LogP contribution in [-0.2, 0) is 16.0 Å². The average molecular weight is 381 g/mol. The molecular weight excluding hydrogens is 358 g/mol. The smallest absolute Gasteiger partial charge is 0.249 e. The second-order valence-electron chi connectivity index (χ2n) is 6.41. The van der Waals surface area contributed by atoms with E-state index in [0.717, 1.165) is 5.56 Å². The summed E-state index contributed by atoms with van der Waals surface area (Å²) in [6.07, 6.45) is 1.27. The van der Waals surface area contributed by atoms with Crippen LogP contribution in [0.2, 0.25) is 0 Å². The zero-order valence-corrected chi connectivity index (χ0v) is 15.9. The Hall–Kier alpha value is -3.35. The van der Waals surface area contributed by atoms with E-state index in [9.17, 15) is 9.59 Å². The van der Waals surface area contributed by atoms with Crippen molar-refractivity contribution in [3.05, 3.63) is 54.1 Å². The maximum Gasteiger partial charge on any atom is 0.249 e. The van der Waals surface area contributed by atoms with Crippen molar-refractivity contribution in [2.75, 3.05) is 19.5 Å². The molecule has 146 valence electrons. The maximum atomic E-state index is 12.6. The van der Waals surface area contributed by atoms with Crippen molar-refractivity contribution in [3.8, 4) is 11.5 Å². The highest BCUT2D eigenvalue weighted by Gasteiger charge is 2.29. The van der Waals surface area contributed by atoms with Crippen LogP contribution in [0.3, 0.4) is 0 Å². The lowest BCUT2D eigenvalue weighted by atomic mass is 10.0. The molecule has 0 fully saturated rings. The summed E-state index contributed by atoms with van der Waals surface area (Å²) in [7, 11) is 3.07. The molecule has 3 rings (SSSR count). The number of rotatable bonds is 8. The number of hydrogen-bond acceptors (Lipinski definition) is 6. The molecule has 1 aliphatic rings. The van der Waals surface area contributed by atoms with Crippen molar-refractivity contribution in [1.82, 2.24) is 5.43 Å². The Labute approximate surface area is 163 Å². The van der Waals surface area contributed by atoms with Gasteiger partial charge in [0, 0.05) is 18.9 Å². The molecule has 0 radical (unpaired) electrons. The zero-order chi connectivity index (χ0) is 19.9. The number of benzene rings is 2. The van der Waals surface area contributed by atoms with E-state index >= 15 is 0 Å². The Balaban J connectivity index is 1.55. The van der Waals surface area contributed by atoms with Crippen LogP contribution in [-0.4, -0.2) is 37.7 Å². The van der Waals surface area contributed by atoms with Gasteiger partial charge in [-0.25, -0.2) is 0 Å². The third-order valence-corrected chi connectivity index (χ3v) is 4.54. The minimum atomic E-state index is -0.605. The van der Waals surface area contributed by atoms with Gasteiger partial charge in [-0.15, -0.1) is 0 Å². The highest BCUT2D eigenvalue weighted by Crippen LogP contribution is 2.29. The molecule has 2 aromatic rings. The maximum absolute atomic E-state index is 12.6. The van der Waals surface area contributed by atoms with Gasteiger partial charge in [-0.3, -0.25) is 15.0 Å². The molecule has 7 nitrogen and oxygen atoms in total. The van der Waals surface area contributed by atoms with Gasteiger partial charge in [-0.2, -0.15) is 5.10 Å². The quantitative estimate of drug-likeness (QED) is 0.734. The number of hydrogen-bond donors (Lipinski definition) is 2. The fourth-order valence-corrected chi connectivity index (χ4v) is 2.95. The number of ether oxygens (including phenoxy) is 2. The molecule has 0 saturated heterocycles. The molecule has 28 heavy (non-hydrogen) atoms. The van der Waals surface area contributed by atoms with Gasteiger partial charge in [0.15, 0.2) is 5.78 Å². The number of nitrogens with one attached hydrogen (secondary N) is 2. The van der Waals surface area contributed by atoms with Crippen LogP contribution in [0.25, 0.3) is 0 Å². The largest absolute Gasteiger partial charge is 0.497 e. The summed E-state index contributed by atoms with van der Waals surface area (Å²) in [5.74, 6) is 0.780. The molecule has 0 bridgehead atoms. The summed E-state index contributed by atoms with van der Waals surface area (Å²) in [6.45, 7) is 0. The van der Waals surface area contributed by atoms with E-state index in [1.165, 1.54) is 7.11 Å². The number of hydrazone groups is 1. The molecule has 1 aliphatic heterocycles. The van der Waals surface area contributed by atoms with E-state index in [1.807, 2.05) is 30.3 Å². The van der Waals surface area contributed by atoms with E-state index in [0.29, 0.717) is 35.7 Å². The van der Waals surface area contributed by atoms with Crippen LogP contribution < -0.4 is 20.2 Å². The predicted octanol–water partition coefficient (Wildman–Crippen LogP) is 2.56. The monoisotopic (exact) mass is 381 g/mol. The lowest BCUT2D eigenvalue weighted by Crippen LogP contribution is -2.35. The van der Waals surface area contributed by atoms with Gasteiger partial charge >= 0.3 is 0 Å². The number of carbonyl (C=O) groups excluding carboxylic acids is 2. The molecule has 2 N–H and O–H groups in total. The number of carbonyl (C=O) groups is 2. The number of methoxy groups -OCH3 is 2. The lowest BCUT2D eigenvalue weighted by molar-refractivity contribution is -0.117. The fourth-order valence-electron chi connectivity index (χ4n) is 2.95. The van der Waals surface area contributed by atoms with Gasteiger partial charge in [0.05, 0.1) is 19.9 Å². The Kier molecular flexibility index (Phi) is 6.26. The van der Waals surface area contributed by atoms with E-state index in [-0.39, 0.29) is 18.1 Å². The Morgan fingerprint density at radius 3 is 2.64 bits per heavy atom. The van der Waals surface area contributed by atoms with Crippen LogP contribution >= 0.6 is 0 Å². The van der Waals surface area contributed by atoms with E-state index < -0.39 is 6.04 Å². The second kappa shape index (κ2) is 9.03. The molecule has 1 heterocycles. The minimum Gasteiger partial charge on any atom is -0.497 e. The molecule has 0 aliphatic carbocycles. The molecule has 0 spiro atoms. The van der Waals surface area contributed by atoms with E-state index in [4.69, 9.17) is 9.47 Å². The molecular formula is C21H23N3O4. The molecule has 2 aromatic carbocycles. The topological polar surface area (TPSA) is 89.0 Å². The van der Waals surface area contributed by atoms with Crippen LogP contribution in [0.1, 0.15) is 18.4 Å². The predicted molar refractivity (Wildman–Crippen MR) is 107 cm³/mol. The number of anilines is 1. The first-order valence-electron chi connectivity index (χ1n) is 9.03. The van der Waals surface area contributed by atoms with Crippen LogP contribution in [0.15, 0.2) is 53.6 Å². The third kappa shape index (κ3) is 4.68. The minimum absolute atomic E-state index is 0.0504. The van der Waals surface area contributed by atoms with Gasteiger partial charge in [0.25, 0.3) is 0 Å². The van der Waals surface area contributed by atoms with Crippen molar-refractivity contribution in [1.29, 1.82) is 0 Å². The molecule has 7 heteroatoms. The highest BCUT2D eigenvalue weighted by molar-refractivity contribution is 6.40. The first-order chi connectivity index (χ1) is 13.6. The molecule has 0 aromatic heterocycles. The summed E-state index contributed by atoms with van der Waals surface area (Å²) in [5.41, 5.74) is 4.75. The second-order valence-corrected chi connectivity index (χ2v) is 6.41. The van der Waals surface area contributed by atoms with Crippen molar-refractivity contribution in [3.63, 3.8) is 0 Å². The van der Waals surface area contributed by atoms with Crippen molar-refractivity contribution < 1.29 is 19.1 Å². The summed E-state index contributed by atoms with van der Waals surface area (Å²) in [5, 5.41) is 6.87. The molecule has 1 unspecified atom stereocenters. The lowest BCUT2D eigenvalue weighted by Gasteiger charge is -2.14. The Morgan fingerprint density at radius 2 is 1.93 bits per heavy atom. The van der Waals surface area contributed by atoms with Gasteiger partial charge < -0.3 is 14.8 Å². The van der Waals surface area contributed by atoms with Gasteiger partial charge in [-0.05, 0) is 24.1 Å². The standard InChI is InChI=1S/C21H23N3O4/c1-27-15-9-11-20(28-2)17(12-15)22-21(26)18-13-16(23-24-18)19(25)10-8-14-6-4-3-5-7-14/h3-7,9,11-12,18,24H,8,10,13H2,1-2H3,(H,22,26). The number of amides is 1. The first-order valence-corrected chi connectivity index (χ1v) is 9.03. The van der Waals surface area contributed by atoms with E-state index in [2.05, 4.69) is 15.8 Å². The summed E-state index contributed by atoms with van der Waals surface area (Å²) in [4.78, 5) is 25.0. The molecule has 0 saturated carbocycles. The summed E-state index contributed by atoms with van der Waals surface area (Å²) < 4.78 is 10.5. The Bertz CT molecular complexity index is 880. The number of nitrogens with zero attached hydrogens (tertiary/aromatic N) is 1. The average Bonchev–Trinajstić information content (AvgIpc) is 3.23.